The van der Waals surface area contributed by atoms with Crippen molar-refractivity contribution in [1.82, 2.24) is 9.80 Å². The van der Waals surface area contributed by atoms with Gasteiger partial charge in [0, 0.05) is 19.0 Å². The van der Waals surface area contributed by atoms with E-state index >= 15 is 0 Å². The Morgan fingerprint density at radius 1 is 1.03 bits per heavy atom. The number of cyclic esters (lactones) is 1. The Morgan fingerprint density at radius 2 is 1.70 bits per heavy atom. The normalized spacial score (nSPS) is 25.8. The van der Waals surface area contributed by atoms with Crippen molar-refractivity contribution in [2.24, 2.45) is 11.8 Å². The fraction of sp³-hybridized carbons (Fsp3) is 0.500. The van der Waals surface area contributed by atoms with Gasteiger partial charge in [-0.2, -0.15) is 0 Å². The summed E-state index contributed by atoms with van der Waals surface area (Å²) in [6, 6.07) is 20.4. The van der Waals surface area contributed by atoms with Gasteiger partial charge in [-0.3, -0.25) is 9.69 Å². The Hall–Kier alpha value is -2.66. The van der Waals surface area contributed by atoms with E-state index in [9.17, 15) is 9.59 Å². The highest BCUT2D eigenvalue weighted by atomic mass is 16.6. The molecule has 2 saturated heterocycles. The highest BCUT2D eigenvalue weighted by molar-refractivity contribution is 5.93. The summed E-state index contributed by atoms with van der Waals surface area (Å²) in [6.07, 6.45) is 4.00. The van der Waals surface area contributed by atoms with Crippen molar-refractivity contribution in [3.8, 4) is 0 Å². The molecule has 0 radical (unpaired) electrons. The van der Waals surface area contributed by atoms with Gasteiger partial charge in [0.2, 0.25) is 5.91 Å². The largest absolute Gasteiger partial charge is 0.447 e. The molecule has 0 aliphatic carbocycles. The van der Waals surface area contributed by atoms with E-state index in [1.54, 1.807) is 0 Å². The van der Waals surface area contributed by atoms with E-state index in [0.29, 0.717) is 24.7 Å². The second kappa shape index (κ2) is 11.0. The maximum Gasteiger partial charge on any atom is 0.416 e. The minimum atomic E-state index is -0.496. The molecule has 2 aliphatic rings. The van der Waals surface area contributed by atoms with Crippen molar-refractivity contribution in [3.05, 3.63) is 71.8 Å². The van der Waals surface area contributed by atoms with E-state index in [-0.39, 0.29) is 24.6 Å². The maximum absolute atomic E-state index is 13.5. The third kappa shape index (κ3) is 5.64. The standard InChI is InChI=1S/C28H36N2O3/c1-3-10-24-15-16-29(19-23-13-8-5-9-14-23)26(21(24)2)18-27(31)30-25(20-33-28(30)32)17-22-11-6-4-7-12-22/h4-9,11-14,21,24-26H,3,10,15-20H2,1-2H3/t21-,24-,25+,26+/m1/s1. The number of nitrogens with zero attached hydrogens (tertiary/aromatic N) is 2. The minimum Gasteiger partial charge on any atom is -0.447 e. The average molecular weight is 449 g/mol. The predicted octanol–water partition coefficient (Wildman–Crippen LogP) is 5.29. The lowest BCUT2D eigenvalue weighted by Gasteiger charge is -2.44. The quantitative estimate of drug-likeness (QED) is 0.550. The molecule has 2 aromatic rings. The zero-order chi connectivity index (χ0) is 23.2. The summed E-state index contributed by atoms with van der Waals surface area (Å²) in [6.45, 7) is 6.61. The monoisotopic (exact) mass is 448 g/mol. The summed E-state index contributed by atoms with van der Waals surface area (Å²) in [4.78, 5) is 29.9. The number of likely N-dealkylation sites (tertiary alicyclic amines) is 1. The van der Waals surface area contributed by atoms with Gasteiger partial charge in [-0.1, -0.05) is 87.4 Å². The van der Waals surface area contributed by atoms with Crippen molar-refractivity contribution < 1.29 is 14.3 Å². The Bertz CT molecular complexity index is 917. The molecular weight excluding hydrogens is 412 g/mol. The first-order valence-corrected chi connectivity index (χ1v) is 12.4. The number of amides is 2. The lowest BCUT2D eigenvalue weighted by Crippen LogP contribution is -2.51. The third-order valence-corrected chi connectivity index (χ3v) is 7.42. The molecule has 4 rings (SSSR count). The van der Waals surface area contributed by atoms with Crippen LogP contribution in [0.2, 0.25) is 0 Å². The zero-order valence-electron chi connectivity index (χ0n) is 19.9. The molecule has 2 amide bonds. The lowest BCUT2D eigenvalue weighted by molar-refractivity contribution is -0.132. The van der Waals surface area contributed by atoms with E-state index in [0.717, 1.165) is 31.5 Å². The smallest absolute Gasteiger partial charge is 0.416 e. The van der Waals surface area contributed by atoms with Gasteiger partial charge < -0.3 is 4.74 Å². The Balaban J connectivity index is 1.50. The van der Waals surface area contributed by atoms with Gasteiger partial charge in [0.25, 0.3) is 0 Å². The molecule has 2 aromatic carbocycles. The average Bonchev–Trinajstić information content (AvgIpc) is 3.19. The molecule has 2 heterocycles. The summed E-state index contributed by atoms with van der Waals surface area (Å²) in [5.74, 6) is 0.911. The van der Waals surface area contributed by atoms with Gasteiger partial charge in [-0.05, 0) is 42.3 Å². The second-order valence-electron chi connectivity index (χ2n) is 9.61. The molecule has 176 valence electrons. The number of rotatable bonds is 8. The van der Waals surface area contributed by atoms with Gasteiger partial charge in [-0.25, -0.2) is 9.69 Å². The first-order chi connectivity index (χ1) is 16.1. The topological polar surface area (TPSA) is 49.9 Å². The highest BCUT2D eigenvalue weighted by Gasteiger charge is 2.42. The minimum absolute atomic E-state index is 0.106. The number of imide groups is 1. The van der Waals surface area contributed by atoms with E-state index in [2.05, 4.69) is 43.0 Å². The zero-order valence-corrected chi connectivity index (χ0v) is 19.9. The molecule has 5 heteroatoms. The van der Waals surface area contributed by atoms with Crippen LogP contribution < -0.4 is 0 Å². The summed E-state index contributed by atoms with van der Waals surface area (Å²) >= 11 is 0. The van der Waals surface area contributed by atoms with Gasteiger partial charge >= 0.3 is 6.09 Å². The molecule has 2 aliphatic heterocycles. The van der Waals surface area contributed by atoms with Crippen molar-refractivity contribution in [3.63, 3.8) is 0 Å². The van der Waals surface area contributed by atoms with Crippen LogP contribution in [0.1, 0.15) is 50.7 Å². The number of benzene rings is 2. The van der Waals surface area contributed by atoms with Gasteiger partial charge in [0.15, 0.2) is 0 Å². The van der Waals surface area contributed by atoms with Crippen LogP contribution >= 0.6 is 0 Å². The third-order valence-electron chi connectivity index (χ3n) is 7.42. The second-order valence-corrected chi connectivity index (χ2v) is 9.61. The molecule has 4 atom stereocenters. The number of carbonyl (C=O) groups excluding carboxylic acids is 2. The van der Waals surface area contributed by atoms with Crippen LogP contribution in [-0.4, -0.2) is 47.0 Å². The highest BCUT2D eigenvalue weighted by Crippen LogP contribution is 2.35. The molecule has 0 aromatic heterocycles. The summed E-state index contributed by atoms with van der Waals surface area (Å²) in [7, 11) is 0. The van der Waals surface area contributed by atoms with E-state index in [1.165, 1.54) is 16.9 Å². The van der Waals surface area contributed by atoms with Crippen molar-refractivity contribution in [2.45, 2.75) is 64.6 Å². The van der Waals surface area contributed by atoms with Gasteiger partial charge in [-0.15, -0.1) is 0 Å². The van der Waals surface area contributed by atoms with Crippen LogP contribution in [0.25, 0.3) is 0 Å². The SMILES string of the molecule is CCC[C@@H]1CCN(Cc2ccccc2)[C@@H](CC(=O)N2C(=O)OC[C@@H]2Cc2ccccc2)[C@@H]1C. The predicted molar refractivity (Wildman–Crippen MR) is 130 cm³/mol. The molecule has 0 unspecified atom stereocenters. The number of piperidine rings is 1. The number of hydrogen-bond donors (Lipinski definition) is 0. The van der Waals surface area contributed by atoms with Crippen LogP contribution in [0.4, 0.5) is 4.79 Å². The van der Waals surface area contributed by atoms with E-state index in [4.69, 9.17) is 4.74 Å². The fourth-order valence-electron chi connectivity index (χ4n) is 5.59. The van der Waals surface area contributed by atoms with Crippen LogP contribution in [0.3, 0.4) is 0 Å². The van der Waals surface area contributed by atoms with Gasteiger partial charge in [0.1, 0.15) is 6.61 Å². The van der Waals surface area contributed by atoms with Crippen LogP contribution in [0.15, 0.2) is 60.7 Å². The number of ether oxygens (including phenoxy) is 1. The Morgan fingerprint density at radius 3 is 2.36 bits per heavy atom. The maximum atomic E-state index is 13.5. The van der Waals surface area contributed by atoms with Crippen LogP contribution in [0, 0.1) is 11.8 Å². The van der Waals surface area contributed by atoms with E-state index < -0.39 is 6.09 Å². The van der Waals surface area contributed by atoms with Gasteiger partial charge in [0.05, 0.1) is 6.04 Å². The number of hydrogen-bond acceptors (Lipinski definition) is 4. The fourth-order valence-corrected chi connectivity index (χ4v) is 5.59. The van der Waals surface area contributed by atoms with Crippen molar-refractivity contribution in [2.75, 3.05) is 13.2 Å². The number of carbonyl (C=O) groups is 2. The summed E-state index contributed by atoms with van der Waals surface area (Å²) in [5, 5.41) is 0. The van der Waals surface area contributed by atoms with Crippen molar-refractivity contribution in [1.29, 1.82) is 0 Å². The van der Waals surface area contributed by atoms with Crippen LogP contribution in [0.5, 0.6) is 0 Å². The Labute approximate surface area is 197 Å². The van der Waals surface area contributed by atoms with Crippen molar-refractivity contribution >= 4 is 12.0 Å². The first kappa shape index (κ1) is 23.5. The van der Waals surface area contributed by atoms with Crippen LogP contribution in [-0.2, 0) is 22.5 Å². The molecular formula is C28H36N2O3. The Kier molecular flexibility index (Phi) is 7.81. The molecule has 0 saturated carbocycles. The summed E-state index contributed by atoms with van der Waals surface area (Å²) in [5.41, 5.74) is 2.37. The molecule has 0 N–H and O–H groups in total. The molecule has 0 bridgehead atoms. The lowest BCUT2D eigenvalue weighted by atomic mass is 9.77. The molecule has 5 nitrogen and oxygen atoms in total. The molecule has 33 heavy (non-hydrogen) atoms. The molecule has 2 fully saturated rings. The first-order valence-electron chi connectivity index (χ1n) is 12.4. The summed E-state index contributed by atoms with van der Waals surface area (Å²) < 4.78 is 5.32. The van der Waals surface area contributed by atoms with E-state index in [1.807, 2.05) is 36.4 Å². The molecule has 0 spiro atoms.